The van der Waals surface area contributed by atoms with Crippen LogP contribution in [0.4, 0.5) is 11.6 Å². The fourth-order valence-corrected chi connectivity index (χ4v) is 1.26. The van der Waals surface area contributed by atoms with E-state index in [1.807, 2.05) is 19.9 Å². The highest BCUT2D eigenvalue weighted by molar-refractivity contribution is 6.02. The van der Waals surface area contributed by atoms with E-state index in [2.05, 4.69) is 5.32 Å². The Morgan fingerprint density at radius 3 is 2.32 bits per heavy atom. The summed E-state index contributed by atoms with van der Waals surface area (Å²) in [6.07, 6.45) is 0. The number of rotatable bonds is 3. The van der Waals surface area contributed by atoms with E-state index in [-0.39, 0.29) is 5.76 Å². The molecule has 0 saturated carbocycles. The van der Waals surface area contributed by atoms with Crippen molar-refractivity contribution < 1.29 is 14.1 Å². The van der Waals surface area contributed by atoms with E-state index in [9.17, 15) is 14.9 Å². The lowest BCUT2D eigenvalue weighted by atomic mass is 10.3. The lowest BCUT2D eigenvalue weighted by Crippen LogP contribution is -2.10. The summed E-state index contributed by atoms with van der Waals surface area (Å²) in [7, 11) is 0. The summed E-state index contributed by atoms with van der Waals surface area (Å²) in [6, 6.07) is 11.1. The van der Waals surface area contributed by atoms with Gasteiger partial charge in [0.05, 0.1) is 6.07 Å². The van der Waals surface area contributed by atoms with E-state index in [0.717, 1.165) is 6.07 Å². The minimum atomic E-state index is -0.695. The van der Waals surface area contributed by atoms with Crippen LogP contribution in [-0.2, 0) is 0 Å². The summed E-state index contributed by atoms with van der Waals surface area (Å²) >= 11 is 0. The monoisotopic (exact) mass is 262 g/mol. The van der Waals surface area contributed by atoms with E-state index >= 15 is 0 Å². The molecule has 1 heterocycles. The predicted octanol–water partition coefficient (Wildman–Crippen LogP) is 3.47. The molecule has 0 fully saturated rings. The Balaban J connectivity index is 0.000000861. The van der Waals surface area contributed by atoms with Crippen LogP contribution in [0.3, 0.4) is 0 Å². The molecule has 100 valence electrons. The Morgan fingerprint density at radius 2 is 1.79 bits per heavy atom. The highest BCUT2D eigenvalue weighted by atomic mass is 16.6. The van der Waals surface area contributed by atoms with Crippen molar-refractivity contribution in [3.8, 4) is 0 Å². The molecule has 0 atom stereocenters. The van der Waals surface area contributed by atoms with Crippen LogP contribution in [0.15, 0.2) is 46.9 Å². The number of benzene rings is 1. The molecule has 0 aliphatic rings. The number of anilines is 1. The summed E-state index contributed by atoms with van der Waals surface area (Å²) < 4.78 is 4.77. The first-order valence-corrected chi connectivity index (χ1v) is 5.77. The van der Waals surface area contributed by atoms with E-state index < -0.39 is 16.7 Å². The van der Waals surface area contributed by atoms with Gasteiger partial charge in [0.25, 0.3) is 5.91 Å². The van der Waals surface area contributed by atoms with Crippen molar-refractivity contribution in [2.45, 2.75) is 13.8 Å². The fraction of sp³-hybridized carbons (Fsp3) is 0.154. The van der Waals surface area contributed by atoms with Gasteiger partial charge in [0, 0.05) is 5.69 Å². The van der Waals surface area contributed by atoms with Crippen LogP contribution >= 0.6 is 0 Å². The van der Waals surface area contributed by atoms with Gasteiger partial charge < -0.3 is 9.73 Å². The molecule has 6 nitrogen and oxygen atoms in total. The Labute approximate surface area is 110 Å². The van der Waals surface area contributed by atoms with E-state index in [1.54, 1.807) is 24.3 Å². The number of carbonyl (C=O) groups is 1. The minimum absolute atomic E-state index is 0.0967. The molecule has 0 unspecified atom stereocenters. The van der Waals surface area contributed by atoms with Crippen molar-refractivity contribution in [3.05, 3.63) is 58.3 Å². The van der Waals surface area contributed by atoms with Crippen molar-refractivity contribution >= 4 is 17.5 Å². The molecule has 0 saturated heterocycles. The van der Waals surface area contributed by atoms with E-state index in [4.69, 9.17) is 4.42 Å². The Kier molecular flexibility index (Phi) is 5.28. The second-order valence-corrected chi connectivity index (χ2v) is 3.22. The van der Waals surface area contributed by atoms with Gasteiger partial charge in [-0.3, -0.25) is 14.9 Å². The first-order valence-electron chi connectivity index (χ1n) is 5.77. The van der Waals surface area contributed by atoms with Crippen molar-refractivity contribution in [1.29, 1.82) is 0 Å². The smallest absolute Gasteiger partial charge is 0.395 e. The van der Waals surface area contributed by atoms with E-state index in [0.29, 0.717) is 5.69 Å². The van der Waals surface area contributed by atoms with Crippen molar-refractivity contribution in [1.82, 2.24) is 0 Å². The number of amides is 1. The topological polar surface area (TPSA) is 85.4 Å². The maximum absolute atomic E-state index is 11.6. The summed E-state index contributed by atoms with van der Waals surface area (Å²) in [5.41, 5.74) is 0.594. The molecule has 0 aliphatic heterocycles. The van der Waals surface area contributed by atoms with Gasteiger partial charge in [-0.15, -0.1) is 0 Å². The fourth-order valence-electron chi connectivity index (χ4n) is 1.26. The molecular formula is C13H14N2O4. The second kappa shape index (κ2) is 6.95. The molecule has 1 N–H and O–H groups in total. The van der Waals surface area contributed by atoms with Gasteiger partial charge in [-0.05, 0) is 18.2 Å². The first-order chi connectivity index (χ1) is 9.16. The molecule has 2 rings (SSSR count). The number of nitro groups is 1. The van der Waals surface area contributed by atoms with Crippen molar-refractivity contribution in [2.24, 2.45) is 0 Å². The van der Waals surface area contributed by atoms with Gasteiger partial charge in [0.1, 0.15) is 4.92 Å². The quantitative estimate of drug-likeness (QED) is 0.677. The Bertz CT molecular complexity index is 549. The van der Waals surface area contributed by atoms with Crippen molar-refractivity contribution in [2.75, 3.05) is 5.32 Å². The average Bonchev–Trinajstić information content (AvgIpc) is 2.92. The number of carbonyl (C=O) groups excluding carboxylic acids is 1. The maximum atomic E-state index is 11.6. The lowest BCUT2D eigenvalue weighted by molar-refractivity contribution is -0.402. The summed E-state index contributed by atoms with van der Waals surface area (Å²) in [5, 5.41) is 12.9. The molecule has 1 aromatic carbocycles. The maximum Gasteiger partial charge on any atom is 0.433 e. The SMILES string of the molecule is CC.O=C(Nc1ccccc1)c1ccc([N+](=O)[O-])o1. The summed E-state index contributed by atoms with van der Waals surface area (Å²) in [5.74, 6) is -1.08. The number of furan rings is 1. The second-order valence-electron chi connectivity index (χ2n) is 3.22. The standard InChI is InChI=1S/C11H8N2O4.C2H6/c14-11(12-8-4-2-1-3-5-8)9-6-7-10(17-9)13(15)16;1-2/h1-7H,(H,12,14);1-2H3. The number of hydrogen-bond acceptors (Lipinski definition) is 4. The van der Waals surface area contributed by atoms with Gasteiger partial charge in [-0.1, -0.05) is 32.0 Å². The van der Waals surface area contributed by atoms with Crippen LogP contribution in [0, 0.1) is 10.1 Å². The van der Waals surface area contributed by atoms with Crippen LogP contribution in [0.25, 0.3) is 0 Å². The Hall–Kier alpha value is -2.63. The van der Waals surface area contributed by atoms with Crippen LogP contribution in [-0.4, -0.2) is 10.8 Å². The van der Waals surface area contributed by atoms with Crippen molar-refractivity contribution in [3.63, 3.8) is 0 Å². The zero-order valence-corrected chi connectivity index (χ0v) is 10.6. The minimum Gasteiger partial charge on any atom is -0.395 e. The summed E-state index contributed by atoms with van der Waals surface area (Å²) in [4.78, 5) is 21.3. The third kappa shape index (κ3) is 3.95. The highest BCUT2D eigenvalue weighted by Gasteiger charge is 2.17. The normalized spacial score (nSPS) is 9.16. The van der Waals surface area contributed by atoms with Gasteiger partial charge >= 0.3 is 5.88 Å². The molecule has 0 radical (unpaired) electrons. The number of nitrogens with one attached hydrogen (secondary N) is 1. The Morgan fingerprint density at radius 1 is 1.16 bits per heavy atom. The zero-order chi connectivity index (χ0) is 14.3. The molecule has 6 heteroatoms. The predicted molar refractivity (Wildman–Crippen MR) is 71.1 cm³/mol. The number of para-hydroxylation sites is 1. The third-order valence-corrected chi connectivity index (χ3v) is 2.03. The van der Waals surface area contributed by atoms with Crippen LogP contribution in [0.2, 0.25) is 0 Å². The number of hydrogen-bond donors (Lipinski definition) is 1. The van der Waals surface area contributed by atoms with Gasteiger partial charge in [0.2, 0.25) is 0 Å². The first kappa shape index (κ1) is 14.4. The van der Waals surface area contributed by atoms with Crippen LogP contribution in [0.5, 0.6) is 0 Å². The highest BCUT2D eigenvalue weighted by Crippen LogP contribution is 2.17. The number of nitrogens with zero attached hydrogens (tertiary/aromatic N) is 1. The molecule has 19 heavy (non-hydrogen) atoms. The molecule has 0 aliphatic carbocycles. The largest absolute Gasteiger partial charge is 0.433 e. The molecule has 2 aromatic rings. The van der Waals surface area contributed by atoms with Crippen LogP contribution in [0.1, 0.15) is 24.4 Å². The molecule has 0 spiro atoms. The van der Waals surface area contributed by atoms with E-state index in [1.165, 1.54) is 6.07 Å². The molecule has 1 aromatic heterocycles. The molecular weight excluding hydrogens is 248 g/mol. The van der Waals surface area contributed by atoms with Gasteiger partial charge in [0.15, 0.2) is 5.76 Å². The zero-order valence-electron chi connectivity index (χ0n) is 10.6. The average molecular weight is 262 g/mol. The van der Waals surface area contributed by atoms with Gasteiger partial charge in [-0.25, -0.2) is 0 Å². The van der Waals surface area contributed by atoms with Crippen LogP contribution < -0.4 is 5.32 Å². The third-order valence-electron chi connectivity index (χ3n) is 2.03. The van der Waals surface area contributed by atoms with Gasteiger partial charge in [-0.2, -0.15) is 0 Å². The molecule has 1 amide bonds. The summed E-state index contributed by atoms with van der Waals surface area (Å²) in [6.45, 7) is 4.00. The lowest BCUT2D eigenvalue weighted by Gasteiger charge is -2.01. The molecule has 0 bridgehead atoms.